The molecule has 0 bridgehead atoms. The summed E-state index contributed by atoms with van der Waals surface area (Å²) in [5.74, 6) is -0.227. The van der Waals surface area contributed by atoms with Gasteiger partial charge in [0.2, 0.25) is 0 Å². The molecule has 4 aliphatic carbocycles. The van der Waals surface area contributed by atoms with Crippen molar-refractivity contribution in [1.82, 2.24) is 0 Å². The van der Waals surface area contributed by atoms with Gasteiger partial charge in [-0.3, -0.25) is 9.59 Å². The monoisotopic (exact) mass is 418 g/mol. The molecule has 168 valence electrons. The van der Waals surface area contributed by atoms with Crippen molar-refractivity contribution in [2.24, 2.45) is 28.6 Å². The van der Waals surface area contributed by atoms with E-state index < -0.39 is 29.5 Å². The Hall–Kier alpha value is -1.30. The minimum Gasteiger partial charge on any atom is -0.393 e. The summed E-state index contributed by atoms with van der Waals surface area (Å²) in [6.45, 7) is 7.70. The maximum Gasteiger partial charge on any atom is 0.190 e. The van der Waals surface area contributed by atoms with Crippen molar-refractivity contribution in [3.8, 4) is 0 Å². The Morgan fingerprint density at radius 1 is 1.20 bits per heavy atom. The molecule has 0 amide bonds. The molecule has 3 N–H and O–H groups in total. The van der Waals surface area contributed by atoms with Crippen LogP contribution in [0.1, 0.15) is 72.6 Å². The van der Waals surface area contributed by atoms with Crippen molar-refractivity contribution < 1.29 is 24.9 Å². The van der Waals surface area contributed by atoms with Crippen LogP contribution in [0.3, 0.4) is 0 Å². The molecule has 4 aliphatic rings. The highest BCUT2D eigenvalue weighted by molar-refractivity contribution is 6.01. The van der Waals surface area contributed by atoms with Crippen LogP contribution >= 0.6 is 0 Å². The van der Waals surface area contributed by atoms with Gasteiger partial charge in [-0.25, -0.2) is 0 Å². The van der Waals surface area contributed by atoms with E-state index in [0.717, 1.165) is 24.8 Å². The number of hydrogen-bond acceptors (Lipinski definition) is 5. The molecule has 0 saturated heterocycles. The minimum absolute atomic E-state index is 0.00912. The highest BCUT2D eigenvalue weighted by Crippen LogP contribution is 2.67. The van der Waals surface area contributed by atoms with Gasteiger partial charge >= 0.3 is 0 Å². The molecule has 7 atom stereocenters. The van der Waals surface area contributed by atoms with Crippen molar-refractivity contribution in [1.29, 1.82) is 0 Å². The fourth-order valence-electron chi connectivity index (χ4n) is 6.92. The smallest absolute Gasteiger partial charge is 0.190 e. The number of unbranched alkanes of at least 4 members (excludes halogenated alkanes) is 1. The number of carbonyl (C=O) groups is 2. The second-order valence-corrected chi connectivity index (χ2v) is 10.2. The molecule has 5 nitrogen and oxygen atoms in total. The number of hydrogen-bond donors (Lipinski definition) is 3. The second-order valence-electron chi connectivity index (χ2n) is 10.2. The largest absolute Gasteiger partial charge is 0.393 e. The predicted molar refractivity (Wildman–Crippen MR) is 116 cm³/mol. The number of allylic oxidation sites excluding steroid dienone is 4. The zero-order valence-corrected chi connectivity index (χ0v) is 18.9. The molecule has 0 aliphatic heterocycles. The molecular formula is C25H38O5. The summed E-state index contributed by atoms with van der Waals surface area (Å²) >= 11 is 0. The Morgan fingerprint density at radius 3 is 2.47 bits per heavy atom. The van der Waals surface area contributed by atoms with Gasteiger partial charge in [-0.2, -0.15) is 0 Å². The molecule has 0 spiro atoms. The molecule has 0 unspecified atom stereocenters. The van der Waals surface area contributed by atoms with Crippen LogP contribution < -0.4 is 0 Å². The van der Waals surface area contributed by atoms with E-state index in [1.165, 1.54) is 12.8 Å². The maximum atomic E-state index is 12.4. The summed E-state index contributed by atoms with van der Waals surface area (Å²) in [4.78, 5) is 24.2. The lowest BCUT2D eigenvalue weighted by Crippen LogP contribution is -2.61. The Balaban J connectivity index is 0.000000589. The van der Waals surface area contributed by atoms with Crippen molar-refractivity contribution in [3.63, 3.8) is 0 Å². The summed E-state index contributed by atoms with van der Waals surface area (Å²) in [6.07, 6.45) is 10.3. The van der Waals surface area contributed by atoms with Crippen LogP contribution in [0.5, 0.6) is 0 Å². The predicted octanol–water partition coefficient (Wildman–Crippen LogP) is 3.36. The molecule has 3 fully saturated rings. The number of aliphatic hydroxyl groups is 3. The van der Waals surface area contributed by atoms with Gasteiger partial charge in [0.1, 0.15) is 12.2 Å². The number of Topliss-reactive ketones (excluding diaryl/α,β-unsaturated/α-hetero) is 1. The molecule has 0 aromatic rings. The van der Waals surface area contributed by atoms with Crippen molar-refractivity contribution in [2.45, 2.75) is 84.3 Å². The number of aliphatic hydroxyl groups excluding tert-OH is 2. The SMILES string of the molecule is CCCC.C[C@]12C=CC(=O)C=C1CC[C@@H]1[C@@H]2[C@@H](O)C[C@@]2(C)[C@H]1CC[C@]2(O)C(=O)CO. The lowest BCUT2D eigenvalue weighted by atomic mass is 9.46. The molecule has 0 heterocycles. The van der Waals surface area contributed by atoms with Crippen LogP contribution in [0.15, 0.2) is 23.8 Å². The van der Waals surface area contributed by atoms with E-state index >= 15 is 0 Å². The summed E-state index contributed by atoms with van der Waals surface area (Å²) < 4.78 is 0. The van der Waals surface area contributed by atoms with E-state index in [0.29, 0.717) is 12.8 Å². The number of rotatable bonds is 3. The van der Waals surface area contributed by atoms with Crippen LogP contribution in [0.2, 0.25) is 0 Å². The normalized spacial score (nSPS) is 44.2. The van der Waals surface area contributed by atoms with Gasteiger partial charge < -0.3 is 15.3 Å². The summed E-state index contributed by atoms with van der Waals surface area (Å²) in [6, 6.07) is 0. The van der Waals surface area contributed by atoms with E-state index in [1.54, 1.807) is 12.2 Å². The Bertz CT molecular complexity index is 753. The zero-order valence-electron chi connectivity index (χ0n) is 18.9. The van der Waals surface area contributed by atoms with E-state index in [2.05, 4.69) is 20.8 Å². The average molecular weight is 419 g/mol. The first-order valence-electron chi connectivity index (χ1n) is 11.6. The van der Waals surface area contributed by atoms with E-state index in [-0.39, 0.29) is 29.0 Å². The number of ketones is 2. The molecule has 0 radical (unpaired) electrons. The first-order chi connectivity index (χ1) is 14.1. The third-order valence-corrected chi connectivity index (χ3v) is 8.75. The van der Waals surface area contributed by atoms with E-state index in [9.17, 15) is 24.9 Å². The van der Waals surface area contributed by atoms with Crippen LogP contribution in [0, 0.1) is 28.6 Å². The minimum atomic E-state index is -1.56. The standard InChI is InChI=1S/C21H28O5.C4H10/c1-19-7-5-13(23)9-12(19)3-4-14-15-6-8-21(26,17(25)11-22)20(15,2)10-16(24)18(14)19;1-3-4-2/h5,7,9,14-16,18,22,24,26H,3-4,6,8,10-11H2,1-2H3;3-4H2,1-2H3/t14-,15-,16-,18+,19-,20-,21-;/m0./s1. The summed E-state index contributed by atoms with van der Waals surface area (Å²) in [7, 11) is 0. The van der Waals surface area contributed by atoms with Crippen LogP contribution in [-0.2, 0) is 9.59 Å². The van der Waals surface area contributed by atoms with Crippen molar-refractivity contribution >= 4 is 11.6 Å². The van der Waals surface area contributed by atoms with Gasteiger partial charge in [-0.15, -0.1) is 0 Å². The molecule has 0 aromatic heterocycles. The molecule has 3 saturated carbocycles. The van der Waals surface area contributed by atoms with Gasteiger partial charge in [0, 0.05) is 16.7 Å². The third-order valence-electron chi connectivity index (χ3n) is 8.75. The average Bonchev–Trinajstić information content (AvgIpc) is 2.99. The zero-order chi connectivity index (χ0) is 22.3. The summed E-state index contributed by atoms with van der Waals surface area (Å²) in [5, 5.41) is 31.7. The van der Waals surface area contributed by atoms with Crippen LogP contribution in [-0.4, -0.2) is 45.2 Å². The number of carbonyl (C=O) groups excluding carboxylic acids is 2. The molecular weight excluding hydrogens is 380 g/mol. The molecule has 0 aromatic carbocycles. The Morgan fingerprint density at radius 2 is 1.87 bits per heavy atom. The van der Waals surface area contributed by atoms with Gasteiger partial charge in [-0.05, 0) is 56.1 Å². The quantitative estimate of drug-likeness (QED) is 0.653. The van der Waals surface area contributed by atoms with E-state index in [1.807, 2.05) is 13.0 Å². The lowest BCUT2D eigenvalue weighted by molar-refractivity contribution is -0.178. The fraction of sp³-hybridized carbons (Fsp3) is 0.760. The van der Waals surface area contributed by atoms with E-state index in [4.69, 9.17) is 0 Å². The molecule has 5 heteroatoms. The van der Waals surface area contributed by atoms with Crippen molar-refractivity contribution in [2.75, 3.05) is 6.61 Å². The Labute approximate surface area is 180 Å². The highest BCUT2D eigenvalue weighted by Gasteiger charge is 2.67. The fourth-order valence-corrected chi connectivity index (χ4v) is 6.92. The lowest BCUT2D eigenvalue weighted by Gasteiger charge is -2.59. The molecule has 30 heavy (non-hydrogen) atoms. The highest BCUT2D eigenvalue weighted by atomic mass is 16.3. The van der Waals surface area contributed by atoms with Crippen LogP contribution in [0.4, 0.5) is 0 Å². The topological polar surface area (TPSA) is 94.8 Å². The maximum absolute atomic E-state index is 12.4. The Kier molecular flexibility index (Phi) is 6.48. The first-order valence-corrected chi connectivity index (χ1v) is 11.6. The summed E-state index contributed by atoms with van der Waals surface area (Å²) in [5.41, 5.74) is -1.54. The van der Waals surface area contributed by atoms with Crippen LogP contribution in [0.25, 0.3) is 0 Å². The number of fused-ring (bicyclic) bond motifs is 5. The van der Waals surface area contributed by atoms with Gasteiger partial charge in [0.05, 0.1) is 6.10 Å². The second kappa shape index (κ2) is 8.33. The van der Waals surface area contributed by atoms with Gasteiger partial charge in [0.15, 0.2) is 11.6 Å². The molecule has 4 rings (SSSR count). The van der Waals surface area contributed by atoms with Gasteiger partial charge in [-0.1, -0.05) is 52.2 Å². The first kappa shape index (κ1) is 23.4. The van der Waals surface area contributed by atoms with Crippen molar-refractivity contribution in [3.05, 3.63) is 23.8 Å². The van der Waals surface area contributed by atoms with Gasteiger partial charge in [0.25, 0.3) is 0 Å². The third kappa shape index (κ3) is 3.34.